The molecule has 0 radical (unpaired) electrons. The molecule has 1 aliphatic carbocycles. The number of sulfone groups is 1. The second kappa shape index (κ2) is 17.6. The van der Waals surface area contributed by atoms with Crippen molar-refractivity contribution in [3.63, 3.8) is 0 Å². The fraction of sp³-hybridized carbons (Fsp3) is 0.467. The molecule has 3 aromatic carbocycles. The van der Waals surface area contributed by atoms with Gasteiger partial charge in [-0.15, -0.1) is 0 Å². The van der Waals surface area contributed by atoms with Crippen molar-refractivity contribution in [2.75, 3.05) is 49.1 Å². The van der Waals surface area contributed by atoms with Crippen LogP contribution in [0.1, 0.15) is 92.4 Å². The zero-order valence-corrected chi connectivity index (χ0v) is 35.3. The lowest BCUT2D eigenvalue weighted by molar-refractivity contribution is -0.384. The molecule has 0 spiro atoms. The molecule has 318 valence electrons. The van der Waals surface area contributed by atoms with Gasteiger partial charge in [0.05, 0.1) is 27.3 Å². The summed E-state index contributed by atoms with van der Waals surface area (Å²) < 4.78 is 40.3. The quantitative estimate of drug-likeness (QED) is 0.0586. The largest absolute Gasteiger partial charge is 0.367 e. The minimum absolute atomic E-state index is 0.00236. The molecule has 1 saturated heterocycles. The lowest BCUT2D eigenvalue weighted by Gasteiger charge is -2.52. The average molecular weight is 841 g/mol. The molecule has 15 heteroatoms. The third-order valence-electron chi connectivity index (χ3n) is 12.8. The van der Waals surface area contributed by atoms with Crippen LogP contribution in [0.15, 0.2) is 77.6 Å². The van der Waals surface area contributed by atoms with Gasteiger partial charge in [0.1, 0.15) is 15.7 Å². The Bertz CT molecular complexity index is 2480. The van der Waals surface area contributed by atoms with Gasteiger partial charge < -0.3 is 14.7 Å². The molecular formula is C45H53FN6O7S. The first-order valence-electron chi connectivity index (χ1n) is 20.9. The summed E-state index contributed by atoms with van der Waals surface area (Å²) in [5.41, 5.74) is 2.49. The summed E-state index contributed by atoms with van der Waals surface area (Å²) in [5, 5.41) is 19.7. The Balaban J connectivity index is 0.944. The molecule has 60 heavy (non-hydrogen) atoms. The first kappa shape index (κ1) is 42.7. The number of unbranched alkanes of at least 4 members (excludes halogenated alkanes) is 2. The maximum atomic E-state index is 15.1. The van der Waals surface area contributed by atoms with E-state index in [1.54, 1.807) is 47.1 Å². The first-order valence-corrected chi connectivity index (χ1v) is 22.7. The van der Waals surface area contributed by atoms with Crippen LogP contribution in [0.2, 0.25) is 0 Å². The lowest BCUT2D eigenvalue weighted by Crippen LogP contribution is -2.54. The van der Waals surface area contributed by atoms with Crippen LogP contribution >= 0.6 is 0 Å². The molecule has 3 aliphatic rings. The number of nitro groups is 1. The number of carbonyl (C=O) groups is 2. The summed E-state index contributed by atoms with van der Waals surface area (Å²) in [6.07, 6.45) is 8.43. The van der Waals surface area contributed by atoms with Gasteiger partial charge in [0.2, 0.25) is 5.91 Å². The molecule has 7 rings (SSSR count). The summed E-state index contributed by atoms with van der Waals surface area (Å²) in [7, 11) is -3.18. The minimum atomic E-state index is -3.18. The number of H-pyrrole nitrogens is 1. The van der Waals surface area contributed by atoms with E-state index in [2.05, 4.69) is 41.1 Å². The molecule has 4 aromatic rings. The highest BCUT2D eigenvalue weighted by Crippen LogP contribution is 2.53. The number of anilines is 1. The highest BCUT2D eigenvalue weighted by Gasteiger charge is 2.48. The zero-order chi connectivity index (χ0) is 42.8. The van der Waals surface area contributed by atoms with Crippen molar-refractivity contribution in [2.45, 2.75) is 77.7 Å². The number of hydrogen-bond donors (Lipinski definition) is 1. The highest BCUT2D eigenvalue weighted by atomic mass is 32.2. The smallest absolute Gasteiger partial charge is 0.272 e. The number of allylic oxidation sites excluding steroid dienone is 2. The van der Waals surface area contributed by atoms with Crippen LogP contribution in [0.3, 0.4) is 0 Å². The standard InChI is InChI=1S/C45H53FN6O7S/c1-4-60(58,59)26-20-45(2,3)42-34-14-10-13-32(34)36-29-31(52(56)57)17-19-40(36)51(42)21-9-5-6-15-41(53)49-22-24-50(25-23-49)44(55)37-27-30(16-18-38(37)46)28-39-33-11-7-8-12-35(33)43(54)48-47-39/h7-8,10-13,16-19,27,29,32,34,42H,4-6,9,14-15,20-26,28H2,1-3H3,(H,48,54). The van der Waals surface area contributed by atoms with Crippen LogP contribution in [0, 0.1) is 27.3 Å². The van der Waals surface area contributed by atoms with Crippen LogP contribution in [0.4, 0.5) is 15.8 Å². The fourth-order valence-electron chi connectivity index (χ4n) is 9.44. The van der Waals surface area contributed by atoms with E-state index in [1.807, 2.05) is 18.2 Å². The van der Waals surface area contributed by atoms with Gasteiger partial charge in [-0.25, -0.2) is 17.9 Å². The van der Waals surface area contributed by atoms with Crippen molar-refractivity contribution in [2.24, 2.45) is 11.3 Å². The molecule has 13 nitrogen and oxygen atoms in total. The van der Waals surface area contributed by atoms with Crippen LogP contribution < -0.4 is 10.5 Å². The van der Waals surface area contributed by atoms with Crippen molar-refractivity contribution >= 4 is 43.8 Å². The topological polar surface area (TPSA) is 167 Å². The molecule has 0 saturated carbocycles. The van der Waals surface area contributed by atoms with E-state index in [0.717, 1.165) is 30.5 Å². The van der Waals surface area contributed by atoms with Crippen LogP contribution in [0.5, 0.6) is 0 Å². The number of non-ortho nitro benzene ring substituents is 1. The molecule has 3 atom stereocenters. The van der Waals surface area contributed by atoms with E-state index in [-0.39, 0.29) is 75.5 Å². The number of rotatable bonds is 15. The predicted molar refractivity (Wildman–Crippen MR) is 229 cm³/mol. The van der Waals surface area contributed by atoms with Crippen LogP contribution in [0.25, 0.3) is 10.8 Å². The number of halogens is 1. The first-order chi connectivity index (χ1) is 28.7. The van der Waals surface area contributed by atoms with Gasteiger partial charge >= 0.3 is 0 Å². The van der Waals surface area contributed by atoms with Gasteiger partial charge in [0, 0.05) is 86.5 Å². The zero-order valence-electron chi connectivity index (χ0n) is 34.4. The summed E-state index contributed by atoms with van der Waals surface area (Å²) in [5.74, 6) is -0.723. The number of aromatic amines is 1. The summed E-state index contributed by atoms with van der Waals surface area (Å²) in [6, 6.07) is 16.6. The van der Waals surface area contributed by atoms with Gasteiger partial charge in [-0.2, -0.15) is 5.10 Å². The van der Waals surface area contributed by atoms with Crippen LogP contribution in [-0.4, -0.2) is 95.4 Å². The van der Waals surface area contributed by atoms with E-state index in [4.69, 9.17) is 0 Å². The molecule has 1 N–H and O–H groups in total. The van der Waals surface area contributed by atoms with Crippen molar-refractivity contribution in [1.82, 2.24) is 20.0 Å². The monoisotopic (exact) mass is 840 g/mol. The van der Waals surface area contributed by atoms with Crippen molar-refractivity contribution in [1.29, 1.82) is 0 Å². The Morgan fingerprint density at radius 1 is 0.983 bits per heavy atom. The number of benzene rings is 3. The normalized spacial score (nSPS) is 19.1. The third kappa shape index (κ3) is 9.01. The lowest BCUT2D eigenvalue weighted by atomic mass is 9.67. The summed E-state index contributed by atoms with van der Waals surface area (Å²) in [4.78, 5) is 56.2. The minimum Gasteiger partial charge on any atom is -0.367 e. The van der Waals surface area contributed by atoms with Crippen LogP contribution in [-0.2, 0) is 21.1 Å². The number of hydrogen-bond acceptors (Lipinski definition) is 9. The Hall–Kier alpha value is -5.44. The maximum absolute atomic E-state index is 15.1. The molecule has 2 aliphatic heterocycles. The molecule has 1 aromatic heterocycles. The number of carbonyl (C=O) groups excluding carboxylic acids is 2. The van der Waals surface area contributed by atoms with Gasteiger partial charge in [-0.3, -0.25) is 24.5 Å². The summed E-state index contributed by atoms with van der Waals surface area (Å²) >= 11 is 0. The van der Waals surface area contributed by atoms with Crippen molar-refractivity contribution in [3.8, 4) is 0 Å². The van der Waals surface area contributed by atoms with E-state index < -0.39 is 21.6 Å². The van der Waals surface area contributed by atoms with E-state index in [0.29, 0.717) is 67.3 Å². The average Bonchev–Trinajstić information content (AvgIpc) is 3.74. The van der Waals surface area contributed by atoms with Gasteiger partial charge in [-0.1, -0.05) is 63.6 Å². The second-order valence-electron chi connectivity index (χ2n) is 17.0. The van der Waals surface area contributed by atoms with Gasteiger partial charge in [0.25, 0.3) is 17.2 Å². The van der Waals surface area contributed by atoms with E-state index in [1.165, 1.54) is 12.1 Å². The Labute approximate surface area is 349 Å². The fourth-order valence-corrected chi connectivity index (χ4v) is 10.6. The number of aromatic nitrogens is 2. The number of fused-ring (bicyclic) bond motifs is 4. The Kier molecular flexibility index (Phi) is 12.6. The SMILES string of the molecule is CCS(=O)(=O)CCC(C)(C)C1C2CC=CC2c2cc([N+](=O)[O-])ccc2N1CCCCCC(=O)N1CCN(C(=O)c2cc(Cc3n[nH]c(=O)c4ccccc34)ccc2F)CC1. The number of amides is 2. The third-order valence-corrected chi connectivity index (χ3v) is 14.5. The molecule has 3 heterocycles. The number of nitrogens with one attached hydrogen (secondary N) is 1. The Morgan fingerprint density at radius 3 is 2.45 bits per heavy atom. The van der Waals surface area contributed by atoms with E-state index >= 15 is 4.39 Å². The maximum Gasteiger partial charge on any atom is 0.272 e. The molecular weight excluding hydrogens is 788 g/mol. The number of nitrogens with zero attached hydrogens (tertiary/aromatic N) is 5. The van der Waals surface area contributed by atoms with E-state index in [9.17, 15) is 32.9 Å². The molecule has 2 amide bonds. The second-order valence-corrected chi connectivity index (χ2v) is 19.5. The number of piperazine rings is 1. The highest BCUT2D eigenvalue weighted by molar-refractivity contribution is 7.91. The van der Waals surface area contributed by atoms with Crippen molar-refractivity contribution in [3.05, 3.63) is 121 Å². The molecule has 1 fully saturated rings. The van der Waals surface area contributed by atoms with Gasteiger partial charge in [0.15, 0.2) is 0 Å². The van der Waals surface area contributed by atoms with Crippen molar-refractivity contribution < 1.29 is 27.3 Å². The molecule has 0 bridgehead atoms. The molecule has 3 unspecified atom stereocenters. The van der Waals surface area contributed by atoms with Gasteiger partial charge in [-0.05, 0) is 72.4 Å². The Morgan fingerprint density at radius 2 is 1.72 bits per heavy atom. The number of nitro benzene ring substituents is 1. The predicted octanol–water partition coefficient (Wildman–Crippen LogP) is 6.81. The summed E-state index contributed by atoms with van der Waals surface area (Å²) in [6.45, 7) is 7.85.